The quantitative estimate of drug-likeness (QED) is 0.924. The van der Waals surface area contributed by atoms with Crippen molar-refractivity contribution in [2.24, 2.45) is 0 Å². The van der Waals surface area contributed by atoms with Crippen molar-refractivity contribution in [2.75, 3.05) is 0 Å². The molecule has 0 spiro atoms. The molecule has 1 aliphatic rings. The van der Waals surface area contributed by atoms with Gasteiger partial charge >= 0.3 is 0 Å². The maximum Gasteiger partial charge on any atom is 0.160 e. The zero-order valence-electron chi connectivity index (χ0n) is 12.1. The minimum absolute atomic E-state index is 0.456. The van der Waals surface area contributed by atoms with Gasteiger partial charge in [0.15, 0.2) is 5.82 Å². The Hall–Kier alpha value is -1.75. The molecule has 20 heavy (non-hydrogen) atoms. The van der Waals surface area contributed by atoms with Gasteiger partial charge in [0.2, 0.25) is 0 Å². The van der Waals surface area contributed by atoms with Crippen molar-refractivity contribution in [1.29, 1.82) is 0 Å². The number of fused-ring (bicyclic) bond motifs is 1. The number of aromatic nitrogens is 4. The van der Waals surface area contributed by atoms with Crippen LogP contribution in [0.2, 0.25) is 0 Å². The first-order valence-corrected chi connectivity index (χ1v) is 7.35. The summed E-state index contributed by atoms with van der Waals surface area (Å²) in [5.74, 6) is 0.869. The standard InChI is InChI=1S/C15H21N5/c1-11(2)16-9-12-7-8-15(19-18-12)20-10-17-13-5-3-4-6-14(13)20/h7-8,10-11,16H,3-6,9H2,1-2H3. The molecule has 0 radical (unpaired) electrons. The largest absolute Gasteiger partial charge is 0.309 e. The van der Waals surface area contributed by atoms with Crippen molar-refractivity contribution in [3.05, 3.63) is 35.5 Å². The van der Waals surface area contributed by atoms with Crippen LogP contribution in [0.1, 0.15) is 43.8 Å². The molecule has 0 saturated heterocycles. The zero-order chi connectivity index (χ0) is 13.9. The fraction of sp³-hybridized carbons (Fsp3) is 0.533. The van der Waals surface area contributed by atoms with Gasteiger partial charge in [-0.25, -0.2) is 4.98 Å². The van der Waals surface area contributed by atoms with Gasteiger partial charge in [0.25, 0.3) is 0 Å². The van der Waals surface area contributed by atoms with Crippen molar-refractivity contribution in [3.8, 4) is 5.82 Å². The Morgan fingerprint density at radius 1 is 1.20 bits per heavy atom. The molecule has 0 unspecified atom stereocenters. The first-order valence-electron chi connectivity index (χ1n) is 7.35. The molecule has 0 aromatic carbocycles. The van der Waals surface area contributed by atoms with Crippen LogP contribution in [0.15, 0.2) is 18.5 Å². The Balaban J connectivity index is 1.79. The Labute approximate surface area is 119 Å². The second kappa shape index (κ2) is 5.71. The lowest BCUT2D eigenvalue weighted by molar-refractivity contribution is 0.576. The normalized spacial score (nSPS) is 14.6. The van der Waals surface area contributed by atoms with Gasteiger partial charge in [-0.15, -0.1) is 5.10 Å². The monoisotopic (exact) mass is 271 g/mol. The molecule has 0 atom stereocenters. The van der Waals surface area contributed by atoms with Gasteiger partial charge in [-0.2, -0.15) is 5.10 Å². The number of aryl methyl sites for hydroxylation is 1. The van der Waals surface area contributed by atoms with E-state index < -0.39 is 0 Å². The van der Waals surface area contributed by atoms with Gasteiger partial charge in [-0.3, -0.25) is 4.57 Å². The van der Waals surface area contributed by atoms with E-state index >= 15 is 0 Å². The van der Waals surface area contributed by atoms with Crippen LogP contribution in [0, 0.1) is 0 Å². The molecule has 5 nitrogen and oxygen atoms in total. The van der Waals surface area contributed by atoms with Gasteiger partial charge in [0, 0.05) is 18.3 Å². The number of imidazole rings is 1. The highest BCUT2D eigenvalue weighted by molar-refractivity contribution is 5.29. The number of hydrogen-bond acceptors (Lipinski definition) is 4. The Bertz CT molecular complexity index is 570. The van der Waals surface area contributed by atoms with E-state index in [1.165, 1.54) is 24.2 Å². The molecule has 0 fully saturated rings. The fourth-order valence-corrected chi connectivity index (χ4v) is 2.55. The maximum atomic E-state index is 4.50. The second-order valence-electron chi connectivity index (χ2n) is 5.63. The highest BCUT2D eigenvalue weighted by Crippen LogP contribution is 2.21. The molecule has 1 N–H and O–H groups in total. The van der Waals surface area contributed by atoms with E-state index in [9.17, 15) is 0 Å². The molecule has 5 heteroatoms. The van der Waals surface area contributed by atoms with Gasteiger partial charge < -0.3 is 5.32 Å². The van der Waals surface area contributed by atoms with Crippen LogP contribution in [-0.4, -0.2) is 25.8 Å². The summed E-state index contributed by atoms with van der Waals surface area (Å²) in [5, 5.41) is 12.0. The maximum absolute atomic E-state index is 4.50. The molecular weight excluding hydrogens is 250 g/mol. The fourth-order valence-electron chi connectivity index (χ4n) is 2.55. The van der Waals surface area contributed by atoms with Crippen molar-refractivity contribution in [1.82, 2.24) is 25.1 Å². The van der Waals surface area contributed by atoms with Crippen LogP contribution < -0.4 is 5.32 Å². The third-order valence-electron chi connectivity index (χ3n) is 3.67. The summed E-state index contributed by atoms with van der Waals surface area (Å²) in [5.41, 5.74) is 3.50. The van der Waals surface area contributed by atoms with Gasteiger partial charge in [0.1, 0.15) is 6.33 Å². The molecule has 0 aliphatic heterocycles. The summed E-state index contributed by atoms with van der Waals surface area (Å²) in [6, 6.07) is 4.52. The molecule has 2 aromatic rings. The van der Waals surface area contributed by atoms with Crippen molar-refractivity contribution >= 4 is 0 Å². The molecule has 1 aliphatic carbocycles. The molecule has 0 amide bonds. The molecule has 0 bridgehead atoms. The van der Waals surface area contributed by atoms with Crippen LogP contribution in [-0.2, 0) is 19.4 Å². The molecule has 3 rings (SSSR count). The first-order chi connectivity index (χ1) is 9.74. The van der Waals surface area contributed by atoms with E-state index in [1.807, 2.05) is 18.5 Å². The summed E-state index contributed by atoms with van der Waals surface area (Å²) in [6.45, 7) is 5.01. The Morgan fingerprint density at radius 2 is 2.05 bits per heavy atom. The minimum atomic E-state index is 0.456. The van der Waals surface area contributed by atoms with Gasteiger partial charge in [0.05, 0.1) is 11.4 Å². The number of hydrogen-bond donors (Lipinski definition) is 1. The molecule has 0 saturated carbocycles. The Kier molecular flexibility index (Phi) is 3.78. The summed E-state index contributed by atoms with van der Waals surface area (Å²) in [6.07, 6.45) is 6.55. The molecular formula is C15H21N5. The van der Waals surface area contributed by atoms with E-state index in [4.69, 9.17) is 0 Å². The first kappa shape index (κ1) is 13.2. The van der Waals surface area contributed by atoms with E-state index in [0.717, 1.165) is 30.9 Å². The lowest BCUT2D eigenvalue weighted by Crippen LogP contribution is -2.22. The van der Waals surface area contributed by atoms with E-state index in [1.54, 1.807) is 0 Å². The van der Waals surface area contributed by atoms with Gasteiger partial charge in [-0.1, -0.05) is 13.8 Å². The molecule has 2 heterocycles. The summed E-state index contributed by atoms with van der Waals surface area (Å²) in [4.78, 5) is 4.50. The summed E-state index contributed by atoms with van der Waals surface area (Å²) >= 11 is 0. The van der Waals surface area contributed by atoms with Crippen molar-refractivity contribution < 1.29 is 0 Å². The van der Waals surface area contributed by atoms with Crippen molar-refractivity contribution in [2.45, 2.75) is 52.1 Å². The van der Waals surface area contributed by atoms with Crippen LogP contribution in [0.3, 0.4) is 0 Å². The highest BCUT2D eigenvalue weighted by Gasteiger charge is 2.16. The average Bonchev–Trinajstić information content (AvgIpc) is 2.89. The summed E-state index contributed by atoms with van der Waals surface area (Å²) in [7, 11) is 0. The predicted molar refractivity (Wildman–Crippen MR) is 77.8 cm³/mol. The SMILES string of the molecule is CC(C)NCc1ccc(-n2cnc3c2CCCC3)nn1. The topological polar surface area (TPSA) is 55.6 Å². The molecule has 2 aromatic heterocycles. The van der Waals surface area contributed by atoms with E-state index in [2.05, 4.69) is 38.9 Å². The smallest absolute Gasteiger partial charge is 0.160 e. The van der Waals surface area contributed by atoms with Crippen LogP contribution in [0.25, 0.3) is 5.82 Å². The van der Waals surface area contributed by atoms with Crippen molar-refractivity contribution in [3.63, 3.8) is 0 Å². The molecule has 106 valence electrons. The lowest BCUT2D eigenvalue weighted by Gasteiger charge is -2.13. The van der Waals surface area contributed by atoms with E-state index in [-0.39, 0.29) is 0 Å². The van der Waals surface area contributed by atoms with Crippen LogP contribution in [0.5, 0.6) is 0 Å². The zero-order valence-corrected chi connectivity index (χ0v) is 12.1. The third-order valence-corrected chi connectivity index (χ3v) is 3.67. The minimum Gasteiger partial charge on any atom is -0.309 e. The number of nitrogens with one attached hydrogen (secondary N) is 1. The summed E-state index contributed by atoms with van der Waals surface area (Å²) < 4.78 is 2.08. The van der Waals surface area contributed by atoms with Crippen LogP contribution in [0.4, 0.5) is 0 Å². The van der Waals surface area contributed by atoms with Gasteiger partial charge in [-0.05, 0) is 37.8 Å². The highest BCUT2D eigenvalue weighted by atomic mass is 15.2. The predicted octanol–water partition coefficient (Wildman–Crippen LogP) is 2.04. The van der Waals surface area contributed by atoms with E-state index in [0.29, 0.717) is 6.04 Å². The lowest BCUT2D eigenvalue weighted by atomic mass is 10.0. The number of rotatable bonds is 4. The van der Waals surface area contributed by atoms with Crippen LogP contribution >= 0.6 is 0 Å². The number of nitrogens with zero attached hydrogens (tertiary/aromatic N) is 4. The average molecular weight is 271 g/mol. The second-order valence-corrected chi connectivity index (χ2v) is 5.63. The third kappa shape index (κ3) is 2.72. The Morgan fingerprint density at radius 3 is 2.80 bits per heavy atom.